The molecular formula is C14H18F4N2. The molecule has 2 nitrogen and oxygen atoms in total. The quantitative estimate of drug-likeness (QED) is 0.603. The summed E-state index contributed by atoms with van der Waals surface area (Å²) in [5.41, 5.74) is -0.661. The van der Waals surface area contributed by atoms with Gasteiger partial charge in [-0.05, 0) is 24.7 Å². The second-order valence-corrected chi connectivity index (χ2v) is 6.42. The number of aromatic nitrogens is 1. The van der Waals surface area contributed by atoms with Gasteiger partial charge in [-0.2, -0.15) is 22.5 Å². The van der Waals surface area contributed by atoms with Crippen LogP contribution in [0.25, 0.3) is 0 Å². The smallest absolute Gasteiger partial charge is 0.253 e. The van der Waals surface area contributed by atoms with Gasteiger partial charge in [-0.3, -0.25) is 0 Å². The minimum Gasteiger partial charge on any atom is -0.363 e. The van der Waals surface area contributed by atoms with Gasteiger partial charge < -0.3 is 4.90 Å². The Labute approximate surface area is 115 Å². The molecule has 1 aliphatic rings. The molecule has 0 saturated carbocycles. The summed E-state index contributed by atoms with van der Waals surface area (Å²) >= 11 is 0. The summed E-state index contributed by atoms with van der Waals surface area (Å²) in [7, 11) is 0. The molecule has 1 atom stereocenters. The summed E-state index contributed by atoms with van der Waals surface area (Å²) < 4.78 is 54.1. The van der Waals surface area contributed by atoms with Crippen LogP contribution in [0.4, 0.5) is 23.2 Å². The van der Waals surface area contributed by atoms with Crippen LogP contribution in [0.1, 0.15) is 40.0 Å². The van der Waals surface area contributed by atoms with Crippen molar-refractivity contribution in [1.82, 2.24) is 4.98 Å². The fourth-order valence-electron chi connectivity index (χ4n) is 2.78. The van der Waals surface area contributed by atoms with Crippen LogP contribution in [-0.2, 0) is 0 Å². The molecule has 0 radical (unpaired) electrons. The first-order valence-electron chi connectivity index (χ1n) is 6.67. The van der Waals surface area contributed by atoms with Gasteiger partial charge in [0.2, 0.25) is 11.6 Å². The third kappa shape index (κ3) is 2.88. The maximum Gasteiger partial charge on any atom is 0.253 e. The normalized spacial score (nSPS) is 19.8. The average molecular weight is 290 g/mol. The first-order valence-corrected chi connectivity index (χ1v) is 6.67. The molecule has 0 aliphatic carbocycles. The van der Waals surface area contributed by atoms with E-state index in [0.717, 1.165) is 12.8 Å². The van der Waals surface area contributed by atoms with Crippen molar-refractivity contribution in [3.8, 4) is 0 Å². The summed E-state index contributed by atoms with van der Waals surface area (Å²) in [4.78, 5) is 4.03. The average Bonchev–Trinajstić information content (AvgIpc) is 2.73. The zero-order valence-corrected chi connectivity index (χ0v) is 11.8. The molecule has 1 aliphatic heterocycles. The summed E-state index contributed by atoms with van der Waals surface area (Å²) in [5.74, 6) is -6.02. The lowest BCUT2D eigenvalue weighted by Gasteiger charge is -2.32. The summed E-state index contributed by atoms with van der Waals surface area (Å²) in [6, 6.07) is -0.125. The highest BCUT2D eigenvalue weighted by Gasteiger charge is 2.34. The Kier molecular flexibility index (Phi) is 3.93. The van der Waals surface area contributed by atoms with Gasteiger partial charge in [-0.1, -0.05) is 20.8 Å². The molecule has 0 N–H and O–H groups in total. The molecule has 0 bridgehead atoms. The Morgan fingerprint density at radius 1 is 1.10 bits per heavy atom. The summed E-state index contributed by atoms with van der Waals surface area (Å²) in [6.45, 7) is 6.44. The molecule has 0 spiro atoms. The van der Waals surface area contributed by atoms with E-state index in [9.17, 15) is 17.6 Å². The predicted molar refractivity (Wildman–Crippen MR) is 68.5 cm³/mol. The van der Waals surface area contributed by atoms with Gasteiger partial charge in [0.05, 0.1) is 0 Å². The van der Waals surface area contributed by atoms with Crippen molar-refractivity contribution in [2.24, 2.45) is 5.41 Å². The highest BCUT2D eigenvalue weighted by atomic mass is 19.2. The van der Waals surface area contributed by atoms with Crippen LogP contribution in [0.3, 0.4) is 0 Å². The van der Waals surface area contributed by atoms with Crippen LogP contribution in [-0.4, -0.2) is 17.6 Å². The number of hydrogen-bond acceptors (Lipinski definition) is 2. The molecule has 1 aromatic heterocycles. The number of nitrogens with zero attached hydrogens (tertiary/aromatic N) is 2. The van der Waals surface area contributed by atoms with Crippen molar-refractivity contribution in [3.05, 3.63) is 23.5 Å². The minimum absolute atomic E-state index is 0.0374. The van der Waals surface area contributed by atoms with Crippen LogP contribution >= 0.6 is 0 Å². The van der Waals surface area contributed by atoms with E-state index in [-0.39, 0.29) is 11.5 Å². The van der Waals surface area contributed by atoms with E-state index in [1.54, 1.807) is 0 Å². The molecule has 1 aromatic rings. The van der Waals surface area contributed by atoms with Crippen molar-refractivity contribution in [2.45, 2.75) is 46.1 Å². The van der Waals surface area contributed by atoms with Gasteiger partial charge in [0.25, 0.3) is 11.9 Å². The van der Waals surface area contributed by atoms with Crippen LogP contribution in [0, 0.1) is 28.9 Å². The van der Waals surface area contributed by atoms with E-state index in [1.807, 2.05) is 20.8 Å². The molecule has 20 heavy (non-hydrogen) atoms. The molecule has 0 aromatic carbocycles. The number of hydrogen-bond donors (Lipinski definition) is 0. The van der Waals surface area contributed by atoms with E-state index >= 15 is 0 Å². The van der Waals surface area contributed by atoms with E-state index in [0.29, 0.717) is 13.0 Å². The fourth-order valence-corrected chi connectivity index (χ4v) is 2.78. The number of anilines is 1. The zero-order valence-electron chi connectivity index (χ0n) is 11.8. The van der Waals surface area contributed by atoms with Gasteiger partial charge in [-0.25, -0.2) is 0 Å². The van der Waals surface area contributed by atoms with Crippen molar-refractivity contribution < 1.29 is 17.6 Å². The standard InChI is InChI=1S/C14H18F4N2/c1-14(2,3)7-8-5-4-6-20(8)11-9(15)12(17)19-13(18)10(11)16/h8H,4-7H2,1-3H3. The second kappa shape index (κ2) is 5.22. The van der Waals surface area contributed by atoms with Crippen LogP contribution in [0.5, 0.6) is 0 Å². The maximum atomic E-state index is 13.8. The molecule has 1 saturated heterocycles. The van der Waals surface area contributed by atoms with Crippen LogP contribution < -0.4 is 4.90 Å². The minimum atomic E-state index is -1.60. The largest absolute Gasteiger partial charge is 0.363 e. The monoisotopic (exact) mass is 290 g/mol. The lowest BCUT2D eigenvalue weighted by atomic mass is 9.87. The first-order chi connectivity index (χ1) is 9.20. The Balaban J connectivity index is 2.40. The molecule has 112 valence electrons. The van der Waals surface area contributed by atoms with Crippen LogP contribution in [0.2, 0.25) is 0 Å². The van der Waals surface area contributed by atoms with Crippen molar-refractivity contribution in [1.29, 1.82) is 0 Å². The lowest BCUT2D eigenvalue weighted by molar-refractivity contribution is 0.334. The Hall–Kier alpha value is -1.33. The predicted octanol–water partition coefficient (Wildman–Crippen LogP) is 4.04. The Bertz CT molecular complexity index is 485. The van der Waals surface area contributed by atoms with E-state index < -0.39 is 29.2 Å². The van der Waals surface area contributed by atoms with Gasteiger partial charge in [0.15, 0.2) is 0 Å². The van der Waals surface area contributed by atoms with Gasteiger partial charge in [0.1, 0.15) is 5.69 Å². The fraction of sp³-hybridized carbons (Fsp3) is 0.643. The highest BCUT2D eigenvalue weighted by Crippen LogP contribution is 2.36. The molecule has 0 amide bonds. The Morgan fingerprint density at radius 3 is 2.15 bits per heavy atom. The van der Waals surface area contributed by atoms with Crippen molar-refractivity contribution in [2.75, 3.05) is 11.4 Å². The number of pyridine rings is 1. The molecule has 1 unspecified atom stereocenters. The highest BCUT2D eigenvalue weighted by molar-refractivity contribution is 5.50. The third-order valence-electron chi connectivity index (χ3n) is 3.49. The second-order valence-electron chi connectivity index (χ2n) is 6.42. The van der Waals surface area contributed by atoms with E-state index in [2.05, 4.69) is 4.98 Å². The summed E-state index contributed by atoms with van der Waals surface area (Å²) in [6.07, 6.45) is 2.18. The molecule has 6 heteroatoms. The van der Waals surface area contributed by atoms with E-state index in [1.165, 1.54) is 4.90 Å². The molecule has 1 fully saturated rings. The maximum absolute atomic E-state index is 13.8. The van der Waals surface area contributed by atoms with Gasteiger partial charge in [-0.15, -0.1) is 0 Å². The lowest BCUT2D eigenvalue weighted by Crippen LogP contribution is -2.34. The number of halogens is 4. The Morgan fingerprint density at radius 2 is 1.65 bits per heavy atom. The van der Waals surface area contributed by atoms with Crippen molar-refractivity contribution >= 4 is 5.69 Å². The molecule has 2 rings (SSSR count). The van der Waals surface area contributed by atoms with Crippen LogP contribution in [0.15, 0.2) is 0 Å². The van der Waals surface area contributed by atoms with Crippen molar-refractivity contribution in [3.63, 3.8) is 0 Å². The molecule has 2 heterocycles. The molecular weight excluding hydrogens is 272 g/mol. The first kappa shape index (κ1) is 15.1. The topological polar surface area (TPSA) is 16.1 Å². The third-order valence-corrected chi connectivity index (χ3v) is 3.49. The van der Waals surface area contributed by atoms with Gasteiger partial charge >= 0.3 is 0 Å². The zero-order chi connectivity index (χ0) is 15.1. The van der Waals surface area contributed by atoms with E-state index in [4.69, 9.17) is 0 Å². The SMILES string of the molecule is CC(C)(C)CC1CCCN1c1c(F)c(F)nc(F)c1F. The van der Waals surface area contributed by atoms with Gasteiger partial charge in [0, 0.05) is 12.6 Å². The number of rotatable bonds is 2. The summed E-state index contributed by atoms with van der Waals surface area (Å²) in [5, 5.41) is 0.